The van der Waals surface area contributed by atoms with Crippen LogP contribution in [-0.2, 0) is 22.9 Å². The zero-order chi connectivity index (χ0) is 25.0. The molecule has 2 aromatic carbocycles. The third kappa shape index (κ3) is 4.12. The van der Waals surface area contributed by atoms with Crippen LogP contribution < -0.4 is 10.5 Å². The number of benzene rings is 2. The molecule has 0 spiro atoms. The fourth-order valence-electron chi connectivity index (χ4n) is 4.84. The Labute approximate surface area is 200 Å². The number of hydrogen-bond donors (Lipinski definition) is 4. The summed E-state index contributed by atoms with van der Waals surface area (Å²) in [5.74, 6) is -0.427. The highest BCUT2D eigenvalue weighted by molar-refractivity contribution is 7.96. The average molecular weight is 482 g/mol. The number of aromatic amines is 1. The van der Waals surface area contributed by atoms with Crippen LogP contribution in [0.25, 0.3) is 22.0 Å². The topological polar surface area (TPSA) is 125 Å². The second-order valence-electron chi connectivity index (χ2n) is 9.74. The Kier molecular flexibility index (Phi) is 5.86. The van der Waals surface area contributed by atoms with Crippen molar-refractivity contribution in [1.82, 2.24) is 4.98 Å². The number of anilines is 1. The van der Waals surface area contributed by atoms with Gasteiger partial charge in [0.25, 0.3) is 15.9 Å². The van der Waals surface area contributed by atoms with Gasteiger partial charge in [-0.2, -0.15) is 0 Å². The molecule has 0 fully saturated rings. The smallest absolute Gasteiger partial charge is 0.257 e. The molecular weight excluding hydrogens is 450 g/mol. The lowest BCUT2D eigenvalue weighted by molar-refractivity contribution is 0.0107. The quantitative estimate of drug-likeness (QED) is 0.416. The van der Waals surface area contributed by atoms with Gasteiger partial charge in [0, 0.05) is 11.1 Å². The molecule has 1 amide bonds. The monoisotopic (exact) mass is 481 g/mol. The maximum Gasteiger partial charge on any atom is 0.257 e. The molecule has 0 bridgehead atoms. The summed E-state index contributed by atoms with van der Waals surface area (Å²) in [5, 5.41) is 11.5. The minimum atomic E-state index is -3.69. The summed E-state index contributed by atoms with van der Waals surface area (Å²) in [6.07, 6.45) is 2.24. The van der Waals surface area contributed by atoms with Gasteiger partial charge in [0.15, 0.2) is 0 Å². The van der Waals surface area contributed by atoms with Crippen LogP contribution in [0, 0.1) is 12.8 Å². The number of rotatable bonds is 6. The van der Waals surface area contributed by atoms with Gasteiger partial charge in [-0.05, 0) is 87.3 Å². The molecule has 3 aromatic rings. The number of aromatic nitrogens is 1. The Morgan fingerprint density at radius 1 is 1.24 bits per heavy atom. The number of amides is 1. The van der Waals surface area contributed by atoms with E-state index in [1.807, 2.05) is 32.9 Å². The van der Waals surface area contributed by atoms with E-state index in [9.17, 15) is 18.3 Å². The number of fused-ring (bicyclic) bond motifs is 3. The van der Waals surface area contributed by atoms with Gasteiger partial charge in [-0.1, -0.05) is 24.8 Å². The minimum Gasteiger partial charge on any atom is -0.390 e. The molecule has 0 radical (unpaired) electrons. The van der Waals surface area contributed by atoms with Crippen LogP contribution in [0.2, 0.25) is 0 Å². The van der Waals surface area contributed by atoms with Crippen LogP contribution in [0.3, 0.4) is 0 Å². The molecule has 1 heterocycles. The van der Waals surface area contributed by atoms with E-state index in [-0.39, 0.29) is 10.8 Å². The number of nitrogens with two attached hydrogens (primary N) is 1. The van der Waals surface area contributed by atoms with Crippen LogP contribution in [-0.4, -0.2) is 30.0 Å². The van der Waals surface area contributed by atoms with E-state index in [0.717, 1.165) is 46.2 Å². The van der Waals surface area contributed by atoms with Crippen molar-refractivity contribution >= 4 is 32.5 Å². The predicted molar refractivity (Wildman–Crippen MR) is 136 cm³/mol. The summed E-state index contributed by atoms with van der Waals surface area (Å²) in [4.78, 5) is 15.7. The summed E-state index contributed by atoms with van der Waals surface area (Å²) < 4.78 is 27.4. The molecule has 180 valence electrons. The van der Waals surface area contributed by atoms with Gasteiger partial charge < -0.3 is 15.8 Å². The number of nitrogens with one attached hydrogen (secondary N) is 2. The van der Waals surface area contributed by atoms with Gasteiger partial charge in [-0.15, -0.1) is 0 Å². The van der Waals surface area contributed by atoms with E-state index in [1.54, 1.807) is 18.2 Å². The van der Waals surface area contributed by atoms with E-state index in [2.05, 4.69) is 16.3 Å². The molecule has 1 aromatic heterocycles. The van der Waals surface area contributed by atoms with Gasteiger partial charge in [0.05, 0.1) is 27.3 Å². The molecule has 34 heavy (non-hydrogen) atoms. The molecule has 1 aliphatic carbocycles. The van der Waals surface area contributed by atoms with Crippen molar-refractivity contribution in [3.8, 4) is 11.1 Å². The normalized spacial score (nSPS) is 16.3. The number of hydrogen-bond acceptors (Lipinski definition) is 4. The molecule has 1 aliphatic rings. The number of sulfonamides is 1. The lowest BCUT2D eigenvalue weighted by Crippen LogP contribution is -2.34. The van der Waals surface area contributed by atoms with Crippen molar-refractivity contribution in [3.05, 3.63) is 64.2 Å². The van der Waals surface area contributed by atoms with Crippen LogP contribution in [0.15, 0.2) is 41.8 Å². The molecule has 7 nitrogen and oxygen atoms in total. The van der Waals surface area contributed by atoms with E-state index < -0.39 is 21.5 Å². The summed E-state index contributed by atoms with van der Waals surface area (Å²) in [6.45, 7) is 10.5. The SMILES string of the molecule is C=C(C)S(=O)(=O)Nc1cccc(-c2ccc(C(N)=O)c3[nH]c4c(c23)CCC(C(C)(C)O)C4)c1C. The molecule has 0 aliphatic heterocycles. The number of carbonyl (C=O) groups excluding carboxylic acids is 1. The van der Waals surface area contributed by atoms with Gasteiger partial charge >= 0.3 is 0 Å². The Bertz CT molecular complexity index is 1430. The summed E-state index contributed by atoms with van der Waals surface area (Å²) in [7, 11) is -3.69. The number of allylic oxidation sites excluding steroid dienone is 1. The first kappa shape index (κ1) is 24.0. The lowest BCUT2D eigenvalue weighted by Gasteiger charge is -2.32. The molecule has 5 N–H and O–H groups in total. The highest BCUT2D eigenvalue weighted by Crippen LogP contribution is 2.42. The fourth-order valence-corrected chi connectivity index (χ4v) is 5.53. The highest BCUT2D eigenvalue weighted by Gasteiger charge is 2.33. The second kappa shape index (κ2) is 8.29. The molecule has 0 saturated carbocycles. The second-order valence-corrected chi connectivity index (χ2v) is 11.6. The summed E-state index contributed by atoms with van der Waals surface area (Å²) in [6, 6.07) is 9.04. The van der Waals surface area contributed by atoms with Gasteiger partial charge in [0.1, 0.15) is 0 Å². The van der Waals surface area contributed by atoms with Crippen LogP contribution in [0.5, 0.6) is 0 Å². The van der Waals surface area contributed by atoms with Crippen LogP contribution in [0.1, 0.15) is 54.4 Å². The largest absolute Gasteiger partial charge is 0.390 e. The first-order valence-electron chi connectivity index (χ1n) is 11.3. The van der Waals surface area contributed by atoms with E-state index in [1.165, 1.54) is 6.92 Å². The van der Waals surface area contributed by atoms with Gasteiger partial charge in [-0.25, -0.2) is 8.42 Å². The number of H-pyrrole nitrogens is 1. The van der Waals surface area contributed by atoms with E-state index >= 15 is 0 Å². The van der Waals surface area contributed by atoms with Gasteiger partial charge in [0.2, 0.25) is 0 Å². The maximum absolute atomic E-state index is 12.4. The van der Waals surface area contributed by atoms with Crippen molar-refractivity contribution in [2.45, 2.75) is 52.6 Å². The van der Waals surface area contributed by atoms with Crippen molar-refractivity contribution < 1.29 is 18.3 Å². The Hall–Kier alpha value is -3.10. The maximum atomic E-state index is 12.4. The third-order valence-corrected chi connectivity index (χ3v) is 8.34. The Balaban J connectivity index is 1.93. The molecule has 1 atom stereocenters. The fraction of sp³-hybridized carbons (Fsp3) is 0.346. The highest BCUT2D eigenvalue weighted by atomic mass is 32.2. The number of carbonyl (C=O) groups is 1. The predicted octanol–water partition coefficient (Wildman–Crippen LogP) is 4.39. The van der Waals surface area contributed by atoms with Crippen molar-refractivity contribution in [1.29, 1.82) is 0 Å². The van der Waals surface area contributed by atoms with Crippen molar-refractivity contribution in [2.24, 2.45) is 11.7 Å². The van der Waals surface area contributed by atoms with Crippen LogP contribution >= 0.6 is 0 Å². The molecule has 1 unspecified atom stereocenters. The number of aryl methyl sites for hydroxylation is 1. The average Bonchev–Trinajstić information content (AvgIpc) is 3.12. The third-order valence-electron chi connectivity index (χ3n) is 6.93. The van der Waals surface area contributed by atoms with Crippen molar-refractivity contribution in [3.63, 3.8) is 0 Å². The van der Waals surface area contributed by atoms with E-state index in [0.29, 0.717) is 23.2 Å². The first-order chi connectivity index (χ1) is 15.8. The van der Waals surface area contributed by atoms with Crippen LogP contribution in [0.4, 0.5) is 5.69 Å². The van der Waals surface area contributed by atoms with Gasteiger partial charge in [-0.3, -0.25) is 9.52 Å². The zero-order valence-corrected chi connectivity index (χ0v) is 20.8. The Morgan fingerprint density at radius 2 is 1.94 bits per heavy atom. The lowest BCUT2D eigenvalue weighted by atomic mass is 9.77. The number of aliphatic hydroxyl groups is 1. The molecular formula is C26H31N3O4S. The summed E-state index contributed by atoms with van der Waals surface area (Å²) >= 11 is 0. The first-order valence-corrected chi connectivity index (χ1v) is 12.8. The molecule has 8 heteroatoms. The number of primary amides is 1. The standard InChI is InChI=1S/C26H31N3O4S/c1-14(2)34(32,33)29-21-8-6-7-17(15(21)3)18-11-12-20(25(27)30)24-23(18)19-10-9-16(26(4,5)31)13-22(19)28-24/h6-8,11-12,16,28-29,31H,1,9-10,13H2,2-5H3,(H2,27,30). The zero-order valence-electron chi connectivity index (χ0n) is 20.0. The molecule has 0 saturated heterocycles. The Morgan fingerprint density at radius 3 is 2.56 bits per heavy atom. The minimum absolute atomic E-state index is 0.0339. The van der Waals surface area contributed by atoms with E-state index in [4.69, 9.17) is 5.73 Å². The van der Waals surface area contributed by atoms with Crippen molar-refractivity contribution in [2.75, 3.05) is 4.72 Å². The summed E-state index contributed by atoms with van der Waals surface area (Å²) in [5.41, 5.74) is 11.1. The molecule has 4 rings (SSSR count).